The SMILES string of the molecule is C=CCNC(=NC)NCc1ccc(OC)c(C)c1.I. The zero-order chi connectivity index (χ0) is 13.4. The lowest BCUT2D eigenvalue weighted by Crippen LogP contribution is -2.36. The fourth-order valence-corrected chi connectivity index (χ4v) is 1.63. The second-order valence-corrected chi connectivity index (χ2v) is 3.90. The predicted octanol–water partition coefficient (Wildman–Crippen LogP) is 2.47. The molecule has 0 aromatic heterocycles. The summed E-state index contributed by atoms with van der Waals surface area (Å²) in [5, 5.41) is 6.36. The Labute approximate surface area is 132 Å². The second kappa shape index (κ2) is 9.66. The first-order chi connectivity index (χ1) is 8.71. The lowest BCUT2D eigenvalue weighted by Gasteiger charge is -2.11. The summed E-state index contributed by atoms with van der Waals surface area (Å²) in [4.78, 5) is 4.12. The molecule has 1 aromatic carbocycles. The van der Waals surface area contributed by atoms with Gasteiger partial charge in [-0.25, -0.2) is 0 Å². The number of guanidine groups is 1. The van der Waals surface area contributed by atoms with E-state index in [0.29, 0.717) is 6.54 Å². The molecule has 19 heavy (non-hydrogen) atoms. The zero-order valence-corrected chi connectivity index (χ0v) is 14.0. The Balaban J connectivity index is 0.00000324. The number of halogens is 1. The highest BCUT2D eigenvalue weighted by atomic mass is 127. The van der Waals surface area contributed by atoms with Crippen molar-refractivity contribution in [2.75, 3.05) is 20.7 Å². The van der Waals surface area contributed by atoms with Crippen molar-refractivity contribution in [3.8, 4) is 5.75 Å². The Morgan fingerprint density at radius 3 is 2.68 bits per heavy atom. The van der Waals surface area contributed by atoms with E-state index in [0.717, 1.165) is 23.8 Å². The lowest BCUT2D eigenvalue weighted by atomic mass is 10.1. The Morgan fingerprint density at radius 1 is 1.42 bits per heavy atom. The van der Waals surface area contributed by atoms with E-state index in [1.165, 1.54) is 5.56 Å². The Kier molecular flexibility index (Phi) is 9.03. The molecule has 0 bridgehead atoms. The average molecular weight is 375 g/mol. The third-order valence-corrected chi connectivity index (χ3v) is 2.56. The molecule has 0 saturated carbocycles. The van der Waals surface area contributed by atoms with Crippen LogP contribution in [0.1, 0.15) is 11.1 Å². The second-order valence-electron chi connectivity index (χ2n) is 3.90. The third-order valence-electron chi connectivity index (χ3n) is 2.56. The molecule has 0 amide bonds. The molecule has 0 spiro atoms. The summed E-state index contributed by atoms with van der Waals surface area (Å²) in [7, 11) is 3.43. The molecule has 2 N–H and O–H groups in total. The van der Waals surface area contributed by atoms with Crippen molar-refractivity contribution in [2.45, 2.75) is 13.5 Å². The largest absolute Gasteiger partial charge is 0.496 e. The molecule has 0 heterocycles. The normalized spacial score (nSPS) is 10.4. The average Bonchev–Trinajstić information content (AvgIpc) is 2.39. The van der Waals surface area contributed by atoms with Gasteiger partial charge in [0, 0.05) is 20.1 Å². The molecule has 1 aromatic rings. The molecule has 0 saturated heterocycles. The first-order valence-corrected chi connectivity index (χ1v) is 5.90. The highest BCUT2D eigenvalue weighted by Gasteiger charge is 2.01. The molecule has 0 aliphatic heterocycles. The summed E-state index contributed by atoms with van der Waals surface area (Å²) in [6.07, 6.45) is 1.80. The highest BCUT2D eigenvalue weighted by molar-refractivity contribution is 14.0. The molecule has 0 fully saturated rings. The number of hydrogen-bond donors (Lipinski definition) is 2. The van der Waals surface area contributed by atoms with Crippen LogP contribution in [0.5, 0.6) is 5.75 Å². The molecule has 5 heteroatoms. The number of ether oxygens (including phenoxy) is 1. The summed E-state index contributed by atoms with van der Waals surface area (Å²) in [6, 6.07) is 6.12. The van der Waals surface area contributed by atoms with Gasteiger partial charge in [-0.1, -0.05) is 18.2 Å². The Bertz CT molecular complexity index is 433. The molecule has 106 valence electrons. The van der Waals surface area contributed by atoms with E-state index in [-0.39, 0.29) is 24.0 Å². The quantitative estimate of drug-likeness (QED) is 0.360. The maximum absolute atomic E-state index is 5.23. The Morgan fingerprint density at radius 2 is 2.16 bits per heavy atom. The number of benzene rings is 1. The van der Waals surface area contributed by atoms with E-state index < -0.39 is 0 Å². The number of nitrogens with one attached hydrogen (secondary N) is 2. The van der Waals surface area contributed by atoms with E-state index in [1.54, 1.807) is 20.2 Å². The number of hydrogen-bond acceptors (Lipinski definition) is 2. The van der Waals surface area contributed by atoms with Crippen LogP contribution >= 0.6 is 24.0 Å². The van der Waals surface area contributed by atoms with Gasteiger partial charge in [0.15, 0.2) is 5.96 Å². The molecular formula is C14H22IN3O. The minimum Gasteiger partial charge on any atom is -0.496 e. The van der Waals surface area contributed by atoms with Gasteiger partial charge < -0.3 is 15.4 Å². The lowest BCUT2D eigenvalue weighted by molar-refractivity contribution is 0.411. The molecule has 0 atom stereocenters. The predicted molar refractivity (Wildman–Crippen MR) is 91.5 cm³/mol. The Hall–Kier alpha value is -1.24. The van der Waals surface area contributed by atoms with Crippen molar-refractivity contribution in [1.29, 1.82) is 0 Å². The smallest absolute Gasteiger partial charge is 0.191 e. The number of aryl methyl sites for hydroxylation is 1. The van der Waals surface area contributed by atoms with Crippen molar-refractivity contribution >= 4 is 29.9 Å². The van der Waals surface area contributed by atoms with E-state index in [9.17, 15) is 0 Å². The molecule has 0 unspecified atom stereocenters. The molecule has 4 nitrogen and oxygen atoms in total. The van der Waals surface area contributed by atoms with Crippen molar-refractivity contribution in [2.24, 2.45) is 4.99 Å². The van der Waals surface area contributed by atoms with Crippen molar-refractivity contribution in [3.05, 3.63) is 42.0 Å². The van der Waals surface area contributed by atoms with Gasteiger partial charge in [-0.15, -0.1) is 30.6 Å². The van der Waals surface area contributed by atoms with Gasteiger partial charge in [0.1, 0.15) is 5.75 Å². The number of aliphatic imine (C=N–C) groups is 1. The standard InChI is InChI=1S/C14H21N3O.HI/c1-5-8-16-14(15-3)17-10-12-6-7-13(18-4)11(2)9-12;/h5-7,9H,1,8,10H2,2-4H3,(H2,15,16,17);1H. The van der Waals surface area contributed by atoms with E-state index in [1.807, 2.05) is 19.1 Å². The fraction of sp³-hybridized carbons (Fsp3) is 0.357. The van der Waals surface area contributed by atoms with Crippen LogP contribution in [0.25, 0.3) is 0 Å². The third kappa shape index (κ3) is 5.96. The molecule has 0 radical (unpaired) electrons. The van der Waals surface area contributed by atoms with Gasteiger partial charge in [-0.3, -0.25) is 4.99 Å². The van der Waals surface area contributed by atoms with Gasteiger partial charge >= 0.3 is 0 Å². The topological polar surface area (TPSA) is 45.7 Å². The van der Waals surface area contributed by atoms with Gasteiger partial charge in [0.2, 0.25) is 0 Å². The van der Waals surface area contributed by atoms with Gasteiger partial charge in [-0.2, -0.15) is 0 Å². The van der Waals surface area contributed by atoms with E-state index in [2.05, 4.69) is 28.3 Å². The van der Waals surface area contributed by atoms with E-state index in [4.69, 9.17) is 4.74 Å². The van der Waals surface area contributed by atoms with Crippen molar-refractivity contribution in [1.82, 2.24) is 10.6 Å². The van der Waals surface area contributed by atoms with E-state index >= 15 is 0 Å². The fourth-order valence-electron chi connectivity index (χ4n) is 1.63. The molecule has 0 aliphatic rings. The summed E-state index contributed by atoms with van der Waals surface area (Å²) in [5.41, 5.74) is 2.32. The van der Waals surface area contributed by atoms with Crippen LogP contribution in [0.15, 0.2) is 35.8 Å². The van der Waals surface area contributed by atoms with Crippen LogP contribution < -0.4 is 15.4 Å². The number of rotatable bonds is 5. The first kappa shape index (κ1) is 17.8. The summed E-state index contributed by atoms with van der Waals surface area (Å²) < 4.78 is 5.23. The van der Waals surface area contributed by atoms with Crippen LogP contribution in [-0.4, -0.2) is 26.7 Å². The van der Waals surface area contributed by atoms with Crippen LogP contribution in [0, 0.1) is 6.92 Å². The molecule has 0 aliphatic carbocycles. The first-order valence-electron chi connectivity index (χ1n) is 5.90. The molecule has 1 rings (SSSR count). The van der Waals surface area contributed by atoms with Crippen LogP contribution in [0.2, 0.25) is 0 Å². The van der Waals surface area contributed by atoms with Gasteiger partial charge in [0.05, 0.1) is 7.11 Å². The maximum Gasteiger partial charge on any atom is 0.191 e. The minimum atomic E-state index is 0. The summed E-state index contributed by atoms with van der Waals surface area (Å²) >= 11 is 0. The van der Waals surface area contributed by atoms with Crippen LogP contribution in [-0.2, 0) is 6.54 Å². The zero-order valence-electron chi connectivity index (χ0n) is 11.7. The maximum atomic E-state index is 5.23. The van der Waals surface area contributed by atoms with Crippen LogP contribution in [0.3, 0.4) is 0 Å². The van der Waals surface area contributed by atoms with Crippen LogP contribution in [0.4, 0.5) is 0 Å². The van der Waals surface area contributed by atoms with Gasteiger partial charge in [0.25, 0.3) is 0 Å². The van der Waals surface area contributed by atoms with Gasteiger partial charge in [-0.05, 0) is 24.1 Å². The highest BCUT2D eigenvalue weighted by Crippen LogP contribution is 2.18. The summed E-state index contributed by atoms with van der Waals surface area (Å²) in [6.45, 7) is 7.11. The van der Waals surface area contributed by atoms with Crippen molar-refractivity contribution < 1.29 is 4.74 Å². The summed E-state index contributed by atoms with van der Waals surface area (Å²) in [5.74, 6) is 1.68. The monoisotopic (exact) mass is 375 g/mol. The number of nitrogens with zero attached hydrogens (tertiary/aromatic N) is 1. The molecular weight excluding hydrogens is 353 g/mol. The minimum absolute atomic E-state index is 0. The number of methoxy groups -OCH3 is 1. The van der Waals surface area contributed by atoms with Crippen molar-refractivity contribution in [3.63, 3.8) is 0 Å².